The molecule has 0 aromatic carbocycles. The zero-order valence-corrected chi connectivity index (χ0v) is 5.90. The molecule has 1 fully saturated rings. The van der Waals surface area contributed by atoms with Gasteiger partial charge in [0.25, 0.3) is 0 Å². The van der Waals surface area contributed by atoms with Crippen molar-refractivity contribution in [3.8, 4) is 0 Å². The molecule has 1 nitrogen and oxygen atoms in total. The fraction of sp³-hybridized carbons (Fsp3) is 0.800. The zero-order valence-electron chi connectivity index (χ0n) is 5.90. The summed E-state index contributed by atoms with van der Waals surface area (Å²) in [6.07, 6.45) is 1.83. The summed E-state index contributed by atoms with van der Waals surface area (Å²) in [5.74, 6) is 1.20. The third kappa shape index (κ3) is 4.08. The molecule has 0 aliphatic heterocycles. The molecule has 0 saturated heterocycles. The third-order valence-corrected chi connectivity index (χ3v) is 1.11. The summed E-state index contributed by atoms with van der Waals surface area (Å²) >= 11 is 0. The summed E-state index contributed by atoms with van der Waals surface area (Å²) in [4.78, 5) is 0. The second-order valence-corrected chi connectivity index (χ2v) is 1.80. The molecular formula is C5H8Li2O. The van der Waals surface area contributed by atoms with Gasteiger partial charge < -0.3 is 11.0 Å². The second-order valence-electron chi connectivity index (χ2n) is 1.80. The molecule has 0 spiro atoms. The molecule has 1 rings (SSSR count). The minimum Gasteiger partial charge on any atom is -0.876 e. The predicted molar refractivity (Wildman–Crippen MR) is 21.9 cm³/mol. The molecule has 1 saturated carbocycles. The van der Waals surface area contributed by atoms with Gasteiger partial charge in [0, 0.05) is 0 Å². The van der Waals surface area contributed by atoms with Crippen LogP contribution in [0.2, 0.25) is 0 Å². The van der Waals surface area contributed by atoms with Crippen LogP contribution in [0.4, 0.5) is 0 Å². The van der Waals surface area contributed by atoms with Gasteiger partial charge in [-0.1, -0.05) is 0 Å². The summed E-state index contributed by atoms with van der Waals surface area (Å²) in [6.45, 7) is 1.71. The molecule has 0 aromatic rings. The Kier molecular flexibility index (Phi) is 7.40. The van der Waals surface area contributed by atoms with Gasteiger partial charge in [-0.25, -0.2) is 12.8 Å². The Morgan fingerprint density at radius 2 is 1.75 bits per heavy atom. The van der Waals surface area contributed by atoms with Crippen LogP contribution in [0.5, 0.6) is 0 Å². The van der Waals surface area contributed by atoms with Crippen LogP contribution in [0, 0.1) is 5.92 Å². The molecule has 0 bridgehead atoms. The van der Waals surface area contributed by atoms with Gasteiger partial charge in [0.1, 0.15) is 0 Å². The summed E-state index contributed by atoms with van der Waals surface area (Å²) < 4.78 is 0. The first kappa shape index (κ1) is 11.9. The van der Waals surface area contributed by atoms with E-state index in [1.807, 2.05) is 0 Å². The van der Waals surface area contributed by atoms with Crippen LogP contribution in [-0.2, 0) is 0 Å². The molecule has 0 amide bonds. The van der Waals surface area contributed by atoms with Crippen molar-refractivity contribution < 1.29 is 42.8 Å². The van der Waals surface area contributed by atoms with Crippen molar-refractivity contribution >= 4 is 0 Å². The largest absolute Gasteiger partial charge is 1.00 e. The van der Waals surface area contributed by atoms with E-state index in [-0.39, 0.29) is 43.8 Å². The van der Waals surface area contributed by atoms with E-state index in [0.717, 1.165) is 12.8 Å². The molecule has 36 valence electrons. The van der Waals surface area contributed by atoms with Crippen LogP contribution in [-0.4, -0.2) is 6.10 Å². The molecule has 1 aliphatic carbocycles. The van der Waals surface area contributed by atoms with Gasteiger partial charge >= 0.3 is 37.7 Å². The minimum atomic E-state index is -0.370. The smallest absolute Gasteiger partial charge is 0.876 e. The second kappa shape index (κ2) is 4.98. The Morgan fingerprint density at radius 1 is 1.38 bits per heavy atom. The van der Waals surface area contributed by atoms with E-state index >= 15 is 0 Å². The zero-order chi connectivity index (χ0) is 4.57. The van der Waals surface area contributed by atoms with E-state index in [9.17, 15) is 5.11 Å². The van der Waals surface area contributed by atoms with Crippen LogP contribution in [0.25, 0.3) is 0 Å². The first-order valence-corrected chi connectivity index (χ1v) is 2.31. The maximum atomic E-state index is 10.3. The van der Waals surface area contributed by atoms with Crippen LogP contribution in [0.1, 0.15) is 19.8 Å². The van der Waals surface area contributed by atoms with Gasteiger partial charge in [-0.15, -0.1) is 6.92 Å². The molecule has 0 radical (unpaired) electrons. The molecule has 3 heteroatoms. The average molecular weight is 98.0 g/mol. The van der Waals surface area contributed by atoms with Gasteiger partial charge in [-0.2, -0.15) is 0 Å². The normalized spacial score (nSPS) is 20.2. The van der Waals surface area contributed by atoms with Crippen LogP contribution < -0.4 is 42.8 Å². The molecule has 0 aromatic heterocycles. The average Bonchev–Trinajstić information content (AvgIpc) is 2.06. The molecule has 8 heavy (non-hydrogen) atoms. The van der Waals surface area contributed by atoms with Crippen molar-refractivity contribution in [2.24, 2.45) is 0 Å². The molecular weight excluding hydrogens is 89.9 g/mol. The Labute approximate surface area is 74.6 Å². The third-order valence-electron chi connectivity index (χ3n) is 1.11. The van der Waals surface area contributed by atoms with Gasteiger partial charge in [0.05, 0.1) is 0 Å². The SMILES string of the molecule is CC([O-])[C-]1CC1.[Li+].[Li+]. The Morgan fingerprint density at radius 3 is 1.75 bits per heavy atom. The van der Waals surface area contributed by atoms with Crippen molar-refractivity contribution in [3.05, 3.63) is 5.92 Å². The van der Waals surface area contributed by atoms with Crippen molar-refractivity contribution in [2.75, 3.05) is 0 Å². The van der Waals surface area contributed by atoms with Gasteiger partial charge in [0.2, 0.25) is 0 Å². The first-order chi connectivity index (χ1) is 2.80. The summed E-state index contributed by atoms with van der Waals surface area (Å²) in [5, 5.41) is 10.3. The van der Waals surface area contributed by atoms with Gasteiger partial charge in [0.15, 0.2) is 0 Å². The monoisotopic (exact) mass is 98.1 g/mol. The molecule has 0 heterocycles. The summed E-state index contributed by atoms with van der Waals surface area (Å²) in [6, 6.07) is 0. The van der Waals surface area contributed by atoms with Gasteiger partial charge in [-0.3, -0.25) is 6.10 Å². The molecule has 1 unspecified atom stereocenters. The first-order valence-electron chi connectivity index (χ1n) is 2.31. The quantitative estimate of drug-likeness (QED) is 0.236. The number of hydrogen-bond donors (Lipinski definition) is 0. The van der Waals surface area contributed by atoms with Gasteiger partial charge in [-0.05, 0) is 0 Å². The Hall–Kier alpha value is 1.15. The van der Waals surface area contributed by atoms with Crippen LogP contribution in [0.15, 0.2) is 0 Å². The fourth-order valence-corrected chi connectivity index (χ4v) is 0.479. The maximum Gasteiger partial charge on any atom is 1.00 e. The predicted octanol–water partition coefficient (Wildman–Crippen LogP) is -5.89. The summed E-state index contributed by atoms with van der Waals surface area (Å²) in [5.41, 5.74) is 0. The van der Waals surface area contributed by atoms with E-state index in [1.54, 1.807) is 6.92 Å². The van der Waals surface area contributed by atoms with Crippen LogP contribution in [0.3, 0.4) is 0 Å². The molecule has 1 atom stereocenters. The molecule has 1 aliphatic rings. The van der Waals surface area contributed by atoms with E-state index < -0.39 is 0 Å². The summed E-state index contributed by atoms with van der Waals surface area (Å²) in [7, 11) is 0. The van der Waals surface area contributed by atoms with E-state index in [0.29, 0.717) is 0 Å². The minimum absolute atomic E-state index is 0. The van der Waals surface area contributed by atoms with Crippen molar-refractivity contribution in [3.63, 3.8) is 0 Å². The Balaban J connectivity index is 0. The van der Waals surface area contributed by atoms with E-state index in [1.165, 1.54) is 5.92 Å². The van der Waals surface area contributed by atoms with Crippen molar-refractivity contribution in [1.82, 2.24) is 0 Å². The van der Waals surface area contributed by atoms with E-state index in [4.69, 9.17) is 0 Å². The number of rotatable bonds is 1. The van der Waals surface area contributed by atoms with Crippen molar-refractivity contribution in [2.45, 2.75) is 25.9 Å². The fourth-order valence-electron chi connectivity index (χ4n) is 0.479. The number of hydrogen-bond acceptors (Lipinski definition) is 1. The maximum absolute atomic E-state index is 10.3. The van der Waals surface area contributed by atoms with Crippen molar-refractivity contribution in [1.29, 1.82) is 0 Å². The Bertz CT molecular complexity index is 52.4. The van der Waals surface area contributed by atoms with Crippen LogP contribution >= 0.6 is 0 Å². The standard InChI is InChI=1S/C5H8O.2Li/c1-4(6)5-2-3-5;;/h4H,2-3H2,1H3;;/q-2;2*+1. The topological polar surface area (TPSA) is 23.1 Å². The van der Waals surface area contributed by atoms with E-state index in [2.05, 4.69) is 0 Å². The molecule has 0 N–H and O–H groups in total.